The van der Waals surface area contributed by atoms with Gasteiger partial charge in [-0.2, -0.15) is 0 Å². The molecule has 0 radical (unpaired) electrons. The number of carbonyl (C=O) groups excluding carboxylic acids is 2. The number of ketones is 1. The molecule has 0 N–H and O–H groups in total. The summed E-state index contributed by atoms with van der Waals surface area (Å²) in [6.45, 7) is 1.78. The molecule has 0 aliphatic rings. The summed E-state index contributed by atoms with van der Waals surface area (Å²) in [6, 6.07) is 8.29. The molecule has 0 atom stereocenters. The molecule has 0 fully saturated rings. The van der Waals surface area contributed by atoms with E-state index in [-0.39, 0.29) is 41.8 Å². The van der Waals surface area contributed by atoms with Crippen LogP contribution in [0.3, 0.4) is 0 Å². The van der Waals surface area contributed by atoms with Gasteiger partial charge in [-0.05, 0) is 42.8 Å². The van der Waals surface area contributed by atoms with Crippen LogP contribution in [0.25, 0.3) is 0 Å². The summed E-state index contributed by atoms with van der Waals surface area (Å²) in [4.78, 5) is 23.2. The molecule has 0 aliphatic heterocycles. The average Bonchev–Trinajstić information content (AvgIpc) is 2.64. The van der Waals surface area contributed by atoms with Crippen LogP contribution < -0.4 is 34.7 Å². The van der Waals surface area contributed by atoms with E-state index in [9.17, 15) is 14.7 Å². The van der Waals surface area contributed by atoms with Crippen molar-refractivity contribution in [1.82, 2.24) is 4.57 Å². The molecule has 6 heteroatoms. The van der Waals surface area contributed by atoms with Gasteiger partial charge >= 0.3 is 29.6 Å². The van der Waals surface area contributed by atoms with Gasteiger partial charge in [-0.25, -0.2) is 0 Å². The number of carboxylic acids is 1. The monoisotopic (exact) mass is 313 g/mol. The number of aromatic nitrogens is 1. The van der Waals surface area contributed by atoms with Gasteiger partial charge in [0.15, 0.2) is 0 Å². The van der Waals surface area contributed by atoms with Crippen molar-refractivity contribution in [2.75, 3.05) is 0 Å². The SMILES string of the molecule is Cc1cc(CC(=O)[O-])n(C)c1C(=O)c1ccc(Cl)cc1.[Na+]. The third-order valence-corrected chi connectivity index (χ3v) is 3.42. The predicted octanol–water partition coefficient (Wildman–Crippen LogP) is -1.49. The molecular formula is C15H13ClNNaO3. The Morgan fingerprint density at radius 3 is 2.33 bits per heavy atom. The van der Waals surface area contributed by atoms with Crippen molar-refractivity contribution < 1.29 is 44.3 Å². The van der Waals surface area contributed by atoms with E-state index in [1.165, 1.54) is 0 Å². The van der Waals surface area contributed by atoms with Gasteiger partial charge in [-0.3, -0.25) is 4.79 Å². The number of nitrogens with zero attached hydrogens (tertiary/aromatic N) is 1. The quantitative estimate of drug-likeness (QED) is 0.511. The Bertz CT molecular complexity index is 677. The van der Waals surface area contributed by atoms with Gasteiger partial charge < -0.3 is 14.5 Å². The number of hydrogen-bond donors (Lipinski definition) is 0. The number of hydrogen-bond acceptors (Lipinski definition) is 3. The van der Waals surface area contributed by atoms with Gasteiger partial charge in [0.2, 0.25) is 5.78 Å². The number of aryl methyl sites for hydroxylation is 1. The molecule has 0 spiro atoms. The Morgan fingerprint density at radius 1 is 1.24 bits per heavy atom. The summed E-state index contributed by atoms with van der Waals surface area (Å²) in [5.41, 5.74) is 2.27. The zero-order valence-corrected chi connectivity index (χ0v) is 14.9. The Kier molecular flexibility index (Phi) is 6.23. The first-order valence-electron chi connectivity index (χ1n) is 6.05. The fourth-order valence-corrected chi connectivity index (χ4v) is 2.34. The summed E-state index contributed by atoms with van der Waals surface area (Å²) >= 11 is 5.80. The molecule has 0 amide bonds. The van der Waals surface area contributed by atoms with E-state index in [0.717, 1.165) is 5.56 Å². The third kappa shape index (κ3) is 3.98. The summed E-state index contributed by atoms with van der Waals surface area (Å²) < 4.78 is 1.60. The normalized spacial score (nSPS) is 10.0. The minimum Gasteiger partial charge on any atom is -0.550 e. The molecule has 1 aromatic carbocycles. The molecule has 1 aromatic heterocycles. The Morgan fingerprint density at radius 2 is 1.81 bits per heavy atom. The molecule has 0 saturated heterocycles. The van der Waals surface area contributed by atoms with E-state index in [1.807, 2.05) is 0 Å². The van der Waals surface area contributed by atoms with E-state index >= 15 is 0 Å². The third-order valence-electron chi connectivity index (χ3n) is 3.17. The van der Waals surface area contributed by atoms with Crippen LogP contribution in [0.4, 0.5) is 0 Å². The molecular weight excluding hydrogens is 301 g/mol. The average molecular weight is 314 g/mol. The minimum atomic E-state index is -1.17. The van der Waals surface area contributed by atoms with Crippen LogP contribution in [0.15, 0.2) is 30.3 Å². The molecule has 2 rings (SSSR count). The van der Waals surface area contributed by atoms with E-state index in [1.54, 1.807) is 48.9 Å². The van der Waals surface area contributed by atoms with Gasteiger partial charge in [0.05, 0.1) is 5.69 Å². The van der Waals surface area contributed by atoms with Crippen molar-refractivity contribution in [2.45, 2.75) is 13.3 Å². The first-order chi connectivity index (χ1) is 9.40. The molecule has 4 nitrogen and oxygen atoms in total. The first-order valence-corrected chi connectivity index (χ1v) is 6.43. The van der Waals surface area contributed by atoms with Gasteiger partial charge in [0, 0.05) is 35.7 Å². The van der Waals surface area contributed by atoms with Gasteiger partial charge in [0.25, 0.3) is 0 Å². The van der Waals surface area contributed by atoms with Gasteiger partial charge in [-0.1, -0.05) is 11.6 Å². The van der Waals surface area contributed by atoms with Crippen molar-refractivity contribution in [2.24, 2.45) is 7.05 Å². The first kappa shape index (κ1) is 18.0. The number of carbonyl (C=O) groups is 2. The van der Waals surface area contributed by atoms with Crippen molar-refractivity contribution >= 4 is 23.4 Å². The van der Waals surface area contributed by atoms with Crippen molar-refractivity contribution in [3.8, 4) is 0 Å². The van der Waals surface area contributed by atoms with Crippen molar-refractivity contribution in [1.29, 1.82) is 0 Å². The van der Waals surface area contributed by atoms with E-state index in [2.05, 4.69) is 0 Å². The summed E-state index contributed by atoms with van der Waals surface area (Å²) in [5.74, 6) is -1.33. The zero-order valence-electron chi connectivity index (χ0n) is 12.1. The number of carboxylic acid groups (broad SMARTS) is 1. The van der Waals surface area contributed by atoms with Crippen molar-refractivity contribution in [3.63, 3.8) is 0 Å². The summed E-state index contributed by atoms with van der Waals surface area (Å²) in [6.07, 6.45) is -0.217. The van der Waals surface area contributed by atoms with E-state index < -0.39 is 5.97 Å². The van der Waals surface area contributed by atoms with Crippen LogP contribution in [-0.2, 0) is 18.3 Å². The van der Waals surface area contributed by atoms with Crippen LogP contribution in [0.1, 0.15) is 27.3 Å². The summed E-state index contributed by atoms with van der Waals surface area (Å²) in [5, 5.41) is 11.3. The fraction of sp³-hybridized carbons (Fsp3) is 0.200. The summed E-state index contributed by atoms with van der Waals surface area (Å²) in [7, 11) is 1.68. The molecule has 104 valence electrons. The molecule has 0 unspecified atom stereocenters. The number of halogens is 1. The minimum absolute atomic E-state index is 0. The Balaban J connectivity index is 0.00000220. The topological polar surface area (TPSA) is 62.1 Å². The fourth-order valence-electron chi connectivity index (χ4n) is 2.21. The molecule has 1 heterocycles. The van der Waals surface area contributed by atoms with Crippen LogP contribution in [0, 0.1) is 6.92 Å². The second kappa shape index (κ2) is 7.27. The number of aliphatic carboxylic acids is 1. The van der Waals surface area contributed by atoms with Gasteiger partial charge in [0.1, 0.15) is 0 Å². The Hall–Kier alpha value is -1.07. The second-order valence-corrected chi connectivity index (χ2v) is 5.05. The van der Waals surface area contributed by atoms with Gasteiger partial charge in [-0.15, -0.1) is 0 Å². The molecule has 0 bridgehead atoms. The van der Waals surface area contributed by atoms with Crippen LogP contribution in [0.2, 0.25) is 5.02 Å². The zero-order chi connectivity index (χ0) is 14.9. The van der Waals surface area contributed by atoms with E-state index in [0.29, 0.717) is 22.0 Å². The standard InChI is InChI=1S/C15H14ClNO3.Na/c1-9-7-12(8-13(18)19)17(2)14(9)15(20)10-3-5-11(16)6-4-10;/h3-7H,8H2,1-2H3,(H,18,19);/q;+1/p-1. The second-order valence-electron chi connectivity index (χ2n) is 4.61. The molecule has 2 aromatic rings. The van der Waals surface area contributed by atoms with Crippen LogP contribution >= 0.6 is 11.6 Å². The maximum Gasteiger partial charge on any atom is 1.00 e. The maximum atomic E-state index is 12.5. The molecule has 0 saturated carbocycles. The number of rotatable bonds is 4. The Labute approximate surface area is 150 Å². The maximum absolute atomic E-state index is 12.5. The van der Waals surface area contributed by atoms with Crippen LogP contribution in [0.5, 0.6) is 0 Å². The van der Waals surface area contributed by atoms with E-state index in [4.69, 9.17) is 11.6 Å². The smallest absolute Gasteiger partial charge is 0.550 e. The largest absolute Gasteiger partial charge is 1.00 e. The number of benzene rings is 1. The van der Waals surface area contributed by atoms with Crippen LogP contribution in [-0.4, -0.2) is 16.3 Å². The van der Waals surface area contributed by atoms with Crippen molar-refractivity contribution in [3.05, 3.63) is 57.9 Å². The molecule has 21 heavy (non-hydrogen) atoms. The predicted molar refractivity (Wildman–Crippen MR) is 73.7 cm³/mol. The molecule has 0 aliphatic carbocycles.